The molecular formula is C17H28N4S2. The van der Waals surface area contributed by atoms with E-state index >= 15 is 0 Å². The molecule has 0 unspecified atom stereocenters. The Bertz CT molecular complexity index is 489. The average molecular weight is 353 g/mol. The van der Waals surface area contributed by atoms with Crippen molar-refractivity contribution in [3.63, 3.8) is 0 Å². The lowest BCUT2D eigenvalue weighted by molar-refractivity contribution is 0.107. The number of rotatable bonds is 5. The first-order chi connectivity index (χ1) is 11.3. The van der Waals surface area contributed by atoms with Crippen LogP contribution in [0.4, 0.5) is 0 Å². The molecule has 1 aliphatic heterocycles. The summed E-state index contributed by atoms with van der Waals surface area (Å²) in [5.41, 5.74) is 1.67. The van der Waals surface area contributed by atoms with Crippen molar-refractivity contribution in [3.8, 4) is 0 Å². The van der Waals surface area contributed by atoms with E-state index in [-0.39, 0.29) is 0 Å². The Morgan fingerprint density at radius 1 is 1.26 bits per heavy atom. The zero-order valence-corrected chi connectivity index (χ0v) is 15.6. The molecule has 2 fully saturated rings. The summed E-state index contributed by atoms with van der Waals surface area (Å²) in [6.45, 7) is 4.35. The van der Waals surface area contributed by atoms with Gasteiger partial charge in [-0.15, -0.1) is 0 Å². The van der Waals surface area contributed by atoms with Crippen LogP contribution in [0.15, 0.2) is 21.8 Å². The summed E-state index contributed by atoms with van der Waals surface area (Å²) in [6, 6.07) is 2.16. The van der Waals surface area contributed by atoms with Gasteiger partial charge in [0.25, 0.3) is 0 Å². The Kier molecular flexibility index (Phi) is 6.25. The molecule has 1 aromatic heterocycles. The molecule has 0 atom stereocenters. The number of nitrogens with one attached hydrogen (secondary N) is 2. The number of nitrogens with zero attached hydrogens (tertiary/aromatic N) is 2. The van der Waals surface area contributed by atoms with Gasteiger partial charge in [0.15, 0.2) is 5.96 Å². The van der Waals surface area contributed by atoms with Crippen molar-refractivity contribution < 1.29 is 0 Å². The zero-order chi connectivity index (χ0) is 16.0. The highest BCUT2D eigenvalue weighted by molar-refractivity contribution is 7.99. The normalized spacial score (nSPS) is 22.2. The van der Waals surface area contributed by atoms with Gasteiger partial charge in [0.2, 0.25) is 0 Å². The summed E-state index contributed by atoms with van der Waals surface area (Å²) in [7, 11) is 1.86. The van der Waals surface area contributed by atoms with E-state index in [9.17, 15) is 0 Å². The summed E-state index contributed by atoms with van der Waals surface area (Å²) in [6.07, 6.45) is 5.39. The summed E-state index contributed by atoms with van der Waals surface area (Å²) in [5, 5.41) is 11.3. The van der Waals surface area contributed by atoms with E-state index in [1.807, 2.05) is 7.05 Å². The van der Waals surface area contributed by atoms with Crippen molar-refractivity contribution in [2.24, 2.45) is 4.99 Å². The van der Waals surface area contributed by atoms with E-state index in [0.717, 1.165) is 19.0 Å². The molecule has 3 rings (SSSR count). The van der Waals surface area contributed by atoms with Gasteiger partial charge in [-0.3, -0.25) is 9.89 Å². The minimum Gasteiger partial charge on any atom is -0.355 e. The molecule has 1 saturated carbocycles. The van der Waals surface area contributed by atoms with Gasteiger partial charge in [-0.25, -0.2) is 0 Å². The average Bonchev–Trinajstić information content (AvgIpc) is 3.28. The van der Waals surface area contributed by atoms with E-state index in [0.29, 0.717) is 5.54 Å². The Balaban J connectivity index is 1.54. The van der Waals surface area contributed by atoms with Crippen LogP contribution in [0.25, 0.3) is 0 Å². The molecule has 2 N–H and O–H groups in total. The lowest BCUT2D eigenvalue weighted by atomic mass is 9.94. The van der Waals surface area contributed by atoms with E-state index in [4.69, 9.17) is 0 Å². The van der Waals surface area contributed by atoms with Gasteiger partial charge >= 0.3 is 0 Å². The molecule has 23 heavy (non-hydrogen) atoms. The van der Waals surface area contributed by atoms with Crippen LogP contribution in [0.1, 0.15) is 31.2 Å². The Hall–Kier alpha value is -0.720. The molecule has 1 saturated heterocycles. The maximum absolute atomic E-state index is 4.40. The third-order valence-corrected chi connectivity index (χ3v) is 6.74. The maximum Gasteiger partial charge on any atom is 0.191 e. The van der Waals surface area contributed by atoms with Crippen molar-refractivity contribution in [2.45, 2.75) is 37.8 Å². The molecule has 2 aliphatic rings. The number of thiophene rings is 1. The predicted octanol–water partition coefficient (Wildman–Crippen LogP) is 2.77. The van der Waals surface area contributed by atoms with Crippen molar-refractivity contribution >= 4 is 29.1 Å². The van der Waals surface area contributed by atoms with Crippen LogP contribution >= 0.6 is 23.1 Å². The summed E-state index contributed by atoms with van der Waals surface area (Å²) >= 11 is 3.84. The van der Waals surface area contributed by atoms with Crippen molar-refractivity contribution in [1.29, 1.82) is 0 Å². The molecule has 0 amide bonds. The smallest absolute Gasteiger partial charge is 0.191 e. The first-order valence-corrected chi connectivity index (χ1v) is 10.7. The molecule has 0 radical (unpaired) electrons. The molecule has 2 heterocycles. The van der Waals surface area contributed by atoms with E-state index in [2.05, 4.69) is 49.1 Å². The first-order valence-electron chi connectivity index (χ1n) is 8.61. The lowest BCUT2D eigenvalue weighted by Gasteiger charge is -2.43. The topological polar surface area (TPSA) is 39.7 Å². The SMILES string of the molecule is CN=C(NCc1ccsc1)NCC1(N2CCSCC2)CCCC1. The van der Waals surface area contributed by atoms with Crippen molar-refractivity contribution in [3.05, 3.63) is 22.4 Å². The molecule has 0 spiro atoms. The van der Waals surface area contributed by atoms with Gasteiger partial charge in [0, 0.05) is 50.3 Å². The standard InChI is InChI=1S/C17H28N4S2/c1-18-16(19-12-15-4-9-23-13-15)20-14-17(5-2-3-6-17)21-7-10-22-11-8-21/h4,9,13H,2-3,5-8,10-12,14H2,1H3,(H2,18,19,20). The number of guanidine groups is 1. The van der Waals surface area contributed by atoms with Crippen LogP contribution in [-0.4, -0.2) is 54.6 Å². The highest BCUT2D eigenvalue weighted by Gasteiger charge is 2.39. The van der Waals surface area contributed by atoms with E-state index < -0.39 is 0 Å². The molecule has 128 valence electrons. The Labute approximate surface area is 148 Å². The minimum atomic E-state index is 0.348. The fourth-order valence-corrected chi connectivity index (χ4v) is 5.30. The zero-order valence-electron chi connectivity index (χ0n) is 14.0. The summed E-state index contributed by atoms with van der Waals surface area (Å²) in [4.78, 5) is 7.15. The van der Waals surface area contributed by atoms with Crippen molar-refractivity contribution in [2.75, 3.05) is 38.2 Å². The van der Waals surface area contributed by atoms with Crippen LogP contribution in [0.5, 0.6) is 0 Å². The quantitative estimate of drug-likeness (QED) is 0.631. The van der Waals surface area contributed by atoms with Gasteiger partial charge in [-0.1, -0.05) is 12.8 Å². The monoisotopic (exact) mass is 352 g/mol. The number of hydrogen-bond acceptors (Lipinski definition) is 4. The number of thioether (sulfide) groups is 1. The largest absolute Gasteiger partial charge is 0.355 e. The highest BCUT2D eigenvalue weighted by atomic mass is 32.2. The molecule has 4 nitrogen and oxygen atoms in total. The second-order valence-corrected chi connectivity index (χ2v) is 8.45. The Morgan fingerprint density at radius 3 is 2.70 bits per heavy atom. The molecule has 0 bridgehead atoms. The fraction of sp³-hybridized carbons (Fsp3) is 0.706. The summed E-state index contributed by atoms with van der Waals surface area (Å²) < 4.78 is 0. The second-order valence-electron chi connectivity index (χ2n) is 6.44. The fourth-order valence-electron chi connectivity index (χ4n) is 3.72. The molecule has 6 heteroatoms. The van der Waals surface area contributed by atoms with Gasteiger partial charge in [-0.05, 0) is 35.2 Å². The maximum atomic E-state index is 4.40. The molecule has 1 aliphatic carbocycles. The van der Waals surface area contributed by atoms with Crippen LogP contribution in [0, 0.1) is 0 Å². The minimum absolute atomic E-state index is 0.348. The second kappa shape index (κ2) is 8.40. The number of aliphatic imine (C=N–C) groups is 1. The van der Waals surface area contributed by atoms with Gasteiger partial charge in [-0.2, -0.15) is 23.1 Å². The lowest BCUT2D eigenvalue weighted by Crippen LogP contribution is -2.57. The van der Waals surface area contributed by atoms with E-state index in [1.165, 1.54) is 55.8 Å². The number of hydrogen-bond donors (Lipinski definition) is 2. The van der Waals surface area contributed by atoms with Gasteiger partial charge in [0.1, 0.15) is 0 Å². The van der Waals surface area contributed by atoms with Crippen LogP contribution in [-0.2, 0) is 6.54 Å². The first kappa shape index (κ1) is 17.1. The molecule has 1 aromatic rings. The van der Waals surface area contributed by atoms with Crippen LogP contribution in [0.2, 0.25) is 0 Å². The highest BCUT2D eigenvalue weighted by Crippen LogP contribution is 2.36. The van der Waals surface area contributed by atoms with Crippen molar-refractivity contribution in [1.82, 2.24) is 15.5 Å². The van der Waals surface area contributed by atoms with Gasteiger partial charge in [0.05, 0.1) is 0 Å². The third-order valence-electron chi connectivity index (χ3n) is 5.06. The molecule has 0 aromatic carbocycles. The predicted molar refractivity (Wildman–Crippen MR) is 103 cm³/mol. The summed E-state index contributed by atoms with van der Waals surface area (Å²) in [5.74, 6) is 3.49. The molecular weight excluding hydrogens is 324 g/mol. The van der Waals surface area contributed by atoms with Crippen LogP contribution < -0.4 is 10.6 Å². The van der Waals surface area contributed by atoms with Crippen LogP contribution in [0.3, 0.4) is 0 Å². The van der Waals surface area contributed by atoms with Gasteiger partial charge < -0.3 is 10.6 Å². The van der Waals surface area contributed by atoms with E-state index in [1.54, 1.807) is 11.3 Å². The third kappa shape index (κ3) is 4.43. The Morgan fingerprint density at radius 2 is 2.04 bits per heavy atom.